The second-order valence-electron chi connectivity index (χ2n) is 6.87. The summed E-state index contributed by atoms with van der Waals surface area (Å²) in [5.41, 5.74) is 1.07. The van der Waals surface area contributed by atoms with Crippen molar-refractivity contribution >= 4 is 17.5 Å². The SMILES string of the molecule is Cc1nc(N(C)C)cc(N2CCN(C(=O)COCc3ccccc3)CC2)n1. The molecule has 2 heterocycles. The molecule has 1 aromatic carbocycles. The van der Waals surface area contributed by atoms with Gasteiger partial charge in [-0.3, -0.25) is 4.79 Å². The van der Waals surface area contributed by atoms with Crippen molar-refractivity contribution in [3.63, 3.8) is 0 Å². The van der Waals surface area contributed by atoms with E-state index in [4.69, 9.17) is 4.74 Å². The van der Waals surface area contributed by atoms with E-state index in [0.717, 1.165) is 36.1 Å². The standard InChI is InChI=1S/C20H27N5O2/c1-16-21-18(23(2)3)13-19(22-16)24-9-11-25(12-10-24)20(26)15-27-14-17-7-5-4-6-8-17/h4-8,13H,9-12,14-15H2,1-3H3. The van der Waals surface area contributed by atoms with E-state index in [9.17, 15) is 4.79 Å². The van der Waals surface area contributed by atoms with Gasteiger partial charge in [0.15, 0.2) is 0 Å². The first-order valence-corrected chi connectivity index (χ1v) is 9.20. The zero-order valence-corrected chi connectivity index (χ0v) is 16.3. The van der Waals surface area contributed by atoms with Crippen molar-refractivity contribution in [1.82, 2.24) is 14.9 Å². The molecule has 7 nitrogen and oxygen atoms in total. The van der Waals surface area contributed by atoms with Gasteiger partial charge in [-0.15, -0.1) is 0 Å². The van der Waals surface area contributed by atoms with Crippen LogP contribution in [0, 0.1) is 6.92 Å². The highest BCUT2D eigenvalue weighted by atomic mass is 16.5. The number of nitrogens with zero attached hydrogens (tertiary/aromatic N) is 5. The van der Waals surface area contributed by atoms with Gasteiger partial charge in [-0.05, 0) is 12.5 Å². The quantitative estimate of drug-likeness (QED) is 0.773. The Morgan fingerprint density at radius 3 is 2.48 bits per heavy atom. The Hall–Kier alpha value is -2.67. The van der Waals surface area contributed by atoms with Gasteiger partial charge in [-0.2, -0.15) is 0 Å². The molecular weight excluding hydrogens is 342 g/mol. The van der Waals surface area contributed by atoms with Crippen LogP contribution >= 0.6 is 0 Å². The first-order valence-electron chi connectivity index (χ1n) is 9.20. The van der Waals surface area contributed by atoms with Gasteiger partial charge in [0.25, 0.3) is 0 Å². The molecule has 0 bridgehead atoms. The Balaban J connectivity index is 1.49. The Morgan fingerprint density at radius 2 is 1.81 bits per heavy atom. The van der Waals surface area contributed by atoms with Crippen LogP contribution < -0.4 is 9.80 Å². The highest BCUT2D eigenvalue weighted by Crippen LogP contribution is 2.19. The summed E-state index contributed by atoms with van der Waals surface area (Å²) in [6.07, 6.45) is 0. The van der Waals surface area contributed by atoms with Crippen molar-refractivity contribution < 1.29 is 9.53 Å². The minimum absolute atomic E-state index is 0.0402. The number of aryl methyl sites for hydroxylation is 1. The third kappa shape index (κ3) is 5.17. The second-order valence-corrected chi connectivity index (χ2v) is 6.87. The number of piperazine rings is 1. The summed E-state index contributed by atoms with van der Waals surface area (Å²) >= 11 is 0. The fourth-order valence-corrected chi connectivity index (χ4v) is 3.03. The molecule has 1 aliphatic rings. The zero-order valence-electron chi connectivity index (χ0n) is 16.3. The van der Waals surface area contributed by atoms with Crippen LogP contribution in [0.5, 0.6) is 0 Å². The average Bonchev–Trinajstić information content (AvgIpc) is 2.68. The summed E-state index contributed by atoms with van der Waals surface area (Å²) in [6, 6.07) is 11.9. The molecule has 1 aromatic heterocycles. The second kappa shape index (κ2) is 8.81. The van der Waals surface area contributed by atoms with E-state index >= 15 is 0 Å². The smallest absolute Gasteiger partial charge is 0.248 e. The van der Waals surface area contributed by atoms with Gasteiger partial charge >= 0.3 is 0 Å². The molecule has 27 heavy (non-hydrogen) atoms. The molecular formula is C20H27N5O2. The number of carbonyl (C=O) groups is 1. The van der Waals surface area contributed by atoms with Crippen LogP contribution in [0.3, 0.4) is 0 Å². The minimum Gasteiger partial charge on any atom is -0.367 e. The molecule has 2 aromatic rings. The Kier molecular flexibility index (Phi) is 6.24. The third-order valence-electron chi connectivity index (χ3n) is 4.56. The number of hydrogen-bond acceptors (Lipinski definition) is 6. The first-order chi connectivity index (χ1) is 13.0. The van der Waals surface area contributed by atoms with Gasteiger partial charge < -0.3 is 19.4 Å². The van der Waals surface area contributed by atoms with Crippen LogP contribution in [-0.2, 0) is 16.1 Å². The van der Waals surface area contributed by atoms with Crippen molar-refractivity contribution in [1.29, 1.82) is 0 Å². The summed E-state index contributed by atoms with van der Waals surface area (Å²) in [5.74, 6) is 2.60. The van der Waals surface area contributed by atoms with E-state index in [1.54, 1.807) is 0 Å². The highest BCUT2D eigenvalue weighted by molar-refractivity contribution is 5.77. The van der Waals surface area contributed by atoms with Crippen molar-refractivity contribution in [3.05, 3.63) is 47.8 Å². The normalized spacial score (nSPS) is 14.3. The Bertz CT molecular complexity index is 758. The lowest BCUT2D eigenvalue weighted by Gasteiger charge is -2.35. The van der Waals surface area contributed by atoms with E-state index in [2.05, 4.69) is 14.9 Å². The van der Waals surface area contributed by atoms with Gasteiger partial charge in [0.2, 0.25) is 5.91 Å². The van der Waals surface area contributed by atoms with Gasteiger partial charge in [0.05, 0.1) is 6.61 Å². The van der Waals surface area contributed by atoms with Crippen LogP contribution in [0.2, 0.25) is 0 Å². The lowest BCUT2D eigenvalue weighted by Crippen LogP contribution is -2.50. The van der Waals surface area contributed by atoms with E-state index < -0.39 is 0 Å². The fourth-order valence-electron chi connectivity index (χ4n) is 3.03. The van der Waals surface area contributed by atoms with Crippen molar-refractivity contribution in [3.8, 4) is 0 Å². The van der Waals surface area contributed by atoms with Crippen LogP contribution in [0.1, 0.15) is 11.4 Å². The van der Waals surface area contributed by atoms with Crippen LogP contribution in [0.25, 0.3) is 0 Å². The van der Waals surface area contributed by atoms with Crippen molar-refractivity contribution in [2.24, 2.45) is 0 Å². The number of anilines is 2. The number of hydrogen-bond donors (Lipinski definition) is 0. The Morgan fingerprint density at radius 1 is 1.11 bits per heavy atom. The van der Waals surface area contributed by atoms with Gasteiger partial charge in [0.1, 0.15) is 24.1 Å². The molecule has 7 heteroatoms. The zero-order chi connectivity index (χ0) is 19.2. The topological polar surface area (TPSA) is 61.8 Å². The highest BCUT2D eigenvalue weighted by Gasteiger charge is 2.22. The molecule has 0 spiro atoms. The maximum absolute atomic E-state index is 12.4. The number of benzene rings is 1. The lowest BCUT2D eigenvalue weighted by atomic mass is 10.2. The molecule has 0 aliphatic carbocycles. The van der Waals surface area contributed by atoms with Crippen molar-refractivity contribution in [2.75, 3.05) is 56.7 Å². The monoisotopic (exact) mass is 369 g/mol. The summed E-state index contributed by atoms with van der Waals surface area (Å²) in [6.45, 7) is 5.34. The van der Waals surface area contributed by atoms with E-state index in [1.165, 1.54) is 0 Å². The molecule has 1 saturated heterocycles. The maximum Gasteiger partial charge on any atom is 0.248 e. The average molecular weight is 369 g/mol. The van der Waals surface area contributed by atoms with E-state index in [1.807, 2.05) is 67.2 Å². The molecule has 1 amide bonds. The summed E-state index contributed by atoms with van der Waals surface area (Å²) in [7, 11) is 3.94. The fraction of sp³-hybridized carbons (Fsp3) is 0.450. The Labute approximate surface area is 160 Å². The van der Waals surface area contributed by atoms with Gasteiger partial charge in [-0.1, -0.05) is 30.3 Å². The minimum atomic E-state index is 0.0402. The molecule has 144 valence electrons. The lowest BCUT2D eigenvalue weighted by molar-refractivity contribution is -0.136. The largest absolute Gasteiger partial charge is 0.367 e. The molecule has 3 rings (SSSR count). The number of ether oxygens (including phenoxy) is 1. The summed E-state index contributed by atoms with van der Waals surface area (Å²) in [5, 5.41) is 0. The number of aromatic nitrogens is 2. The third-order valence-corrected chi connectivity index (χ3v) is 4.56. The number of amides is 1. The molecule has 0 unspecified atom stereocenters. The van der Waals surface area contributed by atoms with Crippen LogP contribution in [-0.4, -0.2) is 67.7 Å². The maximum atomic E-state index is 12.4. The molecule has 1 aliphatic heterocycles. The molecule has 1 fully saturated rings. The number of carbonyl (C=O) groups excluding carboxylic acids is 1. The predicted molar refractivity (Wildman–Crippen MR) is 106 cm³/mol. The summed E-state index contributed by atoms with van der Waals surface area (Å²) in [4.78, 5) is 27.4. The van der Waals surface area contributed by atoms with Crippen LogP contribution in [0.4, 0.5) is 11.6 Å². The van der Waals surface area contributed by atoms with Gasteiger partial charge in [0, 0.05) is 46.3 Å². The van der Waals surface area contributed by atoms with Gasteiger partial charge in [-0.25, -0.2) is 9.97 Å². The van der Waals surface area contributed by atoms with Crippen LogP contribution in [0.15, 0.2) is 36.4 Å². The molecule has 0 N–H and O–H groups in total. The first kappa shape index (κ1) is 19.1. The number of rotatable bonds is 6. The molecule has 0 radical (unpaired) electrons. The molecule has 0 atom stereocenters. The predicted octanol–water partition coefficient (Wildman–Crippen LogP) is 1.72. The molecule has 0 saturated carbocycles. The summed E-state index contributed by atoms with van der Waals surface area (Å²) < 4.78 is 5.57. The van der Waals surface area contributed by atoms with E-state index in [0.29, 0.717) is 19.7 Å². The van der Waals surface area contributed by atoms with Crippen molar-refractivity contribution in [2.45, 2.75) is 13.5 Å². The van der Waals surface area contributed by atoms with E-state index in [-0.39, 0.29) is 12.5 Å².